The van der Waals surface area contributed by atoms with E-state index in [2.05, 4.69) is 6.92 Å². The third-order valence-electron chi connectivity index (χ3n) is 2.41. The molecule has 0 unspecified atom stereocenters. The molecular formula is C14H14N2. The van der Waals surface area contributed by atoms with Crippen molar-refractivity contribution in [3.8, 4) is 12.1 Å². The van der Waals surface area contributed by atoms with Gasteiger partial charge in [-0.1, -0.05) is 37.6 Å². The molecule has 0 aromatic heterocycles. The maximum Gasteiger partial charge on any atom is 0.101 e. The summed E-state index contributed by atoms with van der Waals surface area (Å²) in [5, 5.41) is 17.4. The third-order valence-corrected chi connectivity index (χ3v) is 2.41. The zero-order valence-corrected chi connectivity index (χ0v) is 9.40. The van der Waals surface area contributed by atoms with Crippen LogP contribution in [0, 0.1) is 22.7 Å². The molecule has 0 fully saturated rings. The first-order valence-corrected chi connectivity index (χ1v) is 5.41. The Balaban J connectivity index is 2.83. The van der Waals surface area contributed by atoms with Crippen molar-refractivity contribution in [2.75, 3.05) is 0 Å². The van der Waals surface area contributed by atoms with Crippen molar-refractivity contribution in [3.05, 3.63) is 41.5 Å². The highest BCUT2D eigenvalue weighted by Crippen LogP contribution is 2.15. The Hall–Kier alpha value is -2.06. The largest absolute Gasteiger partial charge is 0.193 e. The second-order valence-electron chi connectivity index (χ2n) is 3.60. The molecule has 0 saturated carbocycles. The number of hydrogen-bond donors (Lipinski definition) is 0. The summed E-state index contributed by atoms with van der Waals surface area (Å²) in [6, 6.07) is 11.7. The molecule has 0 saturated heterocycles. The van der Waals surface area contributed by atoms with E-state index < -0.39 is 0 Å². The Labute approximate surface area is 96.4 Å². The van der Waals surface area contributed by atoms with Crippen molar-refractivity contribution in [1.82, 2.24) is 0 Å². The SMILES string of the molecule is CCCCc1ccc(/C(C#N)=C\C#N)cc1. The van der Waals surface area contributed by atoms with Gasteiger partial charge in [0.1, 0.15) is 6.07 Å². The van der Waals surface area contributed by atoms with Gasteiger partial charge in [0.05, 0.1) is 11.6 Å². The number of nitriles is 2. The topological polar surface area (TPSA) is 47.6 Å². The van der Waals surface area contributed by atoms with Crippen LogP contribution < -0.4 is 0 Å². The van der Waals surface area contributed by atoms with E-state index in [1.165, 1.54) is 24.5 Å². The highest BCUT2D eigenvalue weighted by Gasteiger charge is 2.00. The lowest BCUT2D eigenvalue weighted by Crippen LogP contribution is -1.86. The number of aryl methyl sites for hydroxylation is 1. The molecule has 0 heterocycles. The van der Waals surface area contributed by atoms with Crippen LogP contribution in [0.3, 0.4) is 0 Å². The van der Waals surface area contributed by atoms with Crippen molar-refractivity contribution >= 4 is 5.57 Å². The maximum absolute atomic E-state index is 8.85. The average Bonchev–Trinajstić information content (AvgIpc) is 2.34. The molecule has 2 nitrogen and oxygen atoms in total. The normalized spacial score (nSPS) is 10.6. The zero-order valence-electron chi connectivity index (χ0n) is 9.40. The van der Waals surface area contributed by atoms with Gasteiger partial charge < -0.3 is 0 Å². The molecule has 0 radical (unpaired) electrons. The van der Waals surface area contributed by atoms with E-state index in [1.807, 2.05) is 36.4 Å². The van der Waals surface area contributed by atoms with E-state index in [0.717, 1.165) is 12.0 Å². The van der Waals surface area contributed by atoms with E-state index in [1.54, 1.807) is 0 Å². The first kappa shape index (κ1) is 12.0. The Kier molecular flexibility index (Phi) is 4.83. The highest BCUT2D eigenvalue weighted by atomic mass is 14.3. The molecule has 80 valence electrons. The fourth-order valence-corrected chi connectivity index (χ4v) is 1.48. The summed E-state index contributed by atoms with van der Waals surface area (Å²) < 4.78 is 0. The standard InChI is InChI=1S/C14H14N2/c1-2-3-4-12-5-7-13(8-6-12)14(11-16)9-10-15/h5-9H,2-4H2,1H3/b14-9-. The molecule has 1 rings (SSSR count). The summed E-state index contributed by atoms with van der Waals surface area (Å²) in [5.41, 5.74) is 2.51. The zero-order chi connectivity index (χ0) is 11.8. The van der Waals surface area contributed by atoms with Crippen molar-refractivity contribution < 1.29 is 0 Å². The molecule has 16 heavy (non-hydrogen) atoms. The van der Waals surface area contributed by atoms with Gasteiger partial charge in [-0.15, -0.1) is 0 Å². The van der Waals surface area contributed by atoms with Gasteiger partial charge in [-0.2, -0.15) is 10.5 Å². The van der Waals surface area contributed by atoms with Gasteiger partial charge >= 0.3 is 0 Å². The van der Waals surface area contributed by atoms with E-state index in [4.69, 9.17) is 10.5 Å². The van der Waals surface area contributed by atoms with Crippen LogP contribution in [0.1, 0.15) is 30.9 Å². The van der Waals surface area contributed by atoms with E-state index in [9.17, 15) is 0 Å². The minimum Gasteiger partial charge on any atom is -0.193 e. The summed E-state index contributed by atoms with van der Waals surface area (Å²) in [5.74, 6) is 0. The van der Waals surface area contributed by atoms with Crippen molar-refractivity contribution in [2.45, 2.75) is 26.2 Å². The highest BCUT2D eigenvalue weighted by molar-refractivity contribution is 5.78. The van der Waals surface area contributed by atoms with Gasteiger partial charge in [-0.25, -0.2) is 0 Å². The second-order valence-corrected chi connectivity index (χ2v) is 3.60. The number of hydrogen-bond acceptors (Lipinski definition) is 2. The minimum atomic E-state index is 0.421. The Morgan fingerprint density at radius 3 is 2.44 bits per heavy atom. The molecule has 2 heteroatoms. The van der Waals surface area contributed by atoms with Crippen LogP contribution in [-0.2, 0) is 6.42 Å². The predicted molar refractivity (Wildman–Crippen MR) is 64.3 cm³/mol. The number of rotatable bonds is 4. The molecule has 0 atom stereocenters. The molecule has 0 N–H and O–H groups in total. The van der Waals surface area contributed by atoms with Gasteiger partial charge in [0, 0.05) is 6.08 Å². The molecule has 0 aliphatic rings. The number of nitrogens with zero attached hydrogens (tertiary/aromatic N) is 2. The third kappa shape index (κ3) is 3.26. The van der Waals surface area contributed by atoms with Gasteiger partial charge in [-0.3, -0.25) is 0 Å². The van der Waals surface area contributed by atoms with E-state index >= 15 is 0 Å². The molecule has 0 spiro atoms. The van der Waals surface area contributed by atoms with E-state index in [-0.39, 0.29) is 0 Å². The maximum atomic E-state index is 8.85. The fourth-order valence-electron chi connectivity index (χ4n) is 1.48. The summed E-state index contributed by atoms with van der Waals surface area (Å²) >= 11 is 0. The van der Waals surface area contributed by atoms with Gasteiger partial charge in [0.2, 0.25) is 0 Å². The van der Waals surface area contributed by atoms with Crippen LogP contribution >= 0.6 is 0 Å². The molecule has 0 aliphatic carbocycles. The van der Waals surface area contributed by atoms with Crippen LogP contribution in [-0.4, -0.2) is 0 Å². The molecule has 0 aliphatic heterocycles. The minimum absolute atomic E-state index is 0.421. The van der Waals surface area contributed by atoms with Crippen molar-refractivity contribution in [1.29, 1.82) is 10.5 Å². The number of allylic oxidation sites excluding steroid dienone is 2. The monoisotopic (exact) mass is 210 g/mol. The molecule has 1 aromatic rings. The summed E-state index contributed by atoms with van der Waals surface area (Å²) in [4.78, 5) is 0. The van der Waals surface area contributed by atoms with Crippen molar-refractivity contribution in [3.63, 3.8) is 0 Å². The number of benzene rings is 1. The van der Waals surface area contributed by atoms with Crippen LogP contribution in [0.2, 0.25) is 0 Å². The summed E-state index contributed by atoms with van der Waals surface area (Å²) in [7, 11) is 0. The Morgan fingerprint density at radius 1 is 1.25 bits per heavy atom. The van der Waals surface area contributed by atoms with Crippen LogP contribution in [0.25, 0.3) is 5.57 Å². The number of unbranched alkanes of at least 4 members (excludes halogenated alkanes) is 1. The predicted octanol–water partition coefficient (Wildman–Crippen LogP) is 3.46. The van der Waals surface area contributed by atoms with Gasteiger partial charge in [-0.05, 0) is 24.0 Å². The Morgan fingerprint density at radius 2 is 1.94 bits per heavy atom. The molecule has 0 amide bonds. The lowest BCUT2D eigenvalue weighted by Gasteiger charge is -2.01. The summed E-state index contributed by atoms with van der Waals surface area (Å²) in [6.07, 6.45) is 4.71. The fraction of sp³-hybridized carbons (Fsp3) is 0.286. The quantitative estimate of drug-likeness (QED) is 0.714. The summed E-state index contributed by atoms with van der Waals surface area (Å²) in [6.45, 7) is 2.16. The molecule has 0 bridgehead atoms. The van der Waals surface area contributed by atoms with Crippen LogP contribution in [0.15, 0.2) is 30.3 Å². The van der Waals surface area contributed by atoms with Gasteiger partial charge in [0.15, 0.2) is 0 Å². The smallest absolute Gasteiger partial charge is 0.101 e. The Bertz CT molecular complexity index is 441. The van der Waals surface area contributed by atoms with E-state index in [0.29, 0.717) is 5.57 Å². The lowest BCUT2D eigenvalue weighted by atomic mass is 10.0. The van der Waals surface area contributed by atoms with Crippen molar-refractivity contribution in [2.24, 2.45) is 0 Å². The molecule has 1 aromatic carbocycles. The molecular weight excluding hydrogens is 196 g/mol. The first-order chi connectivity index (χ1) is 7.81. The van der Waals surface area contributed by atoms with Gasteiger partial charge in [0.25, 0.3) is 0 Å². The van der Waals surface area contributed by atoms with Crippen LogP contribution in [0.5, 0.6) is 0 Å². The van der Waals surface area contributed by atoms with Crippen LogP contribution in [0.4, 0.5) is 0 Å². The lowest BCUT2D eigenvalue weighted by molar-refractivity contribution is 0.795. The first-order valence-electron chi connectivity index (χ1n) is 5.41. The second kappa shape index (κ2) is 6.43. The average molecular weight is 210 g/mol.